The van der Waals surface area contributed by atoms with Gasteiger partial charge in [0.25, 0.3) is 0 Å². The van der Waals surface area contributed by atoms with Crippen molar-refractivity contribution in [3.05, 3.63) is 30.5 Å². The molecule has 154 valence electrons. The third kappa shape index (κ3) is 4.27. The summed E-state index contributed by atoms with van der Waals surface area (Å²) in [5, 5.41) is 3.33. The summed E-state index contributed by atoms with van der Waals surface area (Å²) in [5.74, 6) is 1.14. The number of hydrogen-bond acceptors (Lipinski definition) is 8. The number of carbonyl (C=O) groups is 1. The number of nitrogens with one attached hydrogen (secondary N) is 1. The van der Waals surface area contributed by atoms with Crippen LogP contribution in [-0.2, 0) is 4.74 Å². The average Bonchev–Trinajstić information content (AvgIpc) is 2.76. The van der Waals surface area contributed by atoms with Gasteiger partial charge in [0.2, 0.25) is 5.95 Å². The number of carbonyl (C=O) groups excluding carboxylic acids is 1. The van der Waals surface area contributed by atoms with Gasteiger partial charge in [0.15, 0.2) is 5.82 Å². The van der Waals surface area contributed by atoms with Crippen LogP contribution in [-0.4, -0.2) is 73.4 Å². The Bertz CT molecular complexity index is 863. The quantitative estimate of drug-likeness (QED) is 0.692. The lowest BCUT2D eigenvalue weighted by molar-refractivity contribution is 0.123. The van der Waals surface area contributed by atoms with Gasteiger partial charge in [-0.15, -0.1) is 0 Å². The first-order valence-corrected chi connectivity index (χ1v) is 9.72. The first-order chi connectivity index (χ1) is 14.1. The number of rotatable bonds is 4. The number of hydrogen-bond donors (Lipinski definition) is 3. The van der Waals surface area contributed by atoms with Crippen LogP contribution in [0.15, 0.2) is 30.5 Å². The second-order valence-electron chi connectivity index (χ2n) is 7.03. The SMILES string of the molecule is NC(=O)N1CCN(c2nc(Nc3ccccc3N3CCOCC3)ncc2N)CC1. The van der Waals surface area contributed by atoms with Gasteiger partial charge in [-0.1, -0.05) is 12.1 Å². The van der Waals surface area contributed by atoms with Crippen LogP contribution in [0.25, 0.3) is 0 Å². The van der Waals surface area contributed by atoms with E-state index in [4.69, 9.17) is 16.2 Å². The van der Waals surface area contributed by atoms with E-state index < -0.39 is 6.03 Å². The predicted octanol–water partition coefficient (Wildman–Crippen LogP) is 0.840. The van der Waals surface area contributed by atoms with Crippen molar-refractivity contribution in [2.45, 2.75) is 0 Å². The highest BCUT2D eigenvalue weighted by Crippen LogP contribution is 2.30. The van der Waals surface area contributed by atoms with E-state index in [0.29, 0.717) is 56.8 Å². The van der Waals surface area contributed by atoms with E-state index >= 15 is 0 Å². The summed E-state index contributed by atoms with van der Waals surface area (Å²) >= 11 is 0. The summed E-state index contributed by atoms with van der Waals surface area (Å²) in [6, 6.07) is 7.68. The maximum atomic E-state index is 11.3. The van der Waals surface area contributed by atoms with Crippen LogP contribution in [0.1, 0.15) is 0 Å². The van der Waals surface area contributed by atoms with Crippen LogP contribution >= 0.6 is 0 Å². The van der Waals surface area contributed by atoms with E-state index in [1.54, 1.807) is 11.1 Å². The van der Waals surface area contributed by atoms with Crippen LogP contribution < -0.4 is 26.6 Å². The number of aromatic nitrogens is 2. The number of amides is 2. The van der Waals surface area contributed by atoms with E-state index in [1.807, 2.05) is 18.2 Å². The Morgan fingerprint density at radius 3 is 2.48 bits per heavy atom. The molecule has 2 saturated heterocycles. The molecular weight excluding hydrogens is 372 g/mol. The Labute approximate surface area is 169 Å². The first kappa shape index (κ1) is 19.1. The molecule has 0 bridgehead atoms. The van der Waals surface area contributed by atoms with Gasteiger partial charge in [0.1, 0.15) is 0 Å². The molecule has 1 aromatic heterocycles. The number of para-hydroxylation sites is 2. The maximum Gasteiger partial charge on any atom is 0.314 e. The smallest absolute Gasteiger partial charge is 0.314 e. The molecule has 5 N–H and O–H groups in total. The summed E-state index contributed by atoms with van der Waals surface area (Å²) in [6.45, 7) is 5.44. The summed E-state index contributed by atoms with van der Waals surface area (Å²) in [4.78, 5) is 26.3. The number of nitrogen functional groups attached to an aromatic ring is 1. The molecule has 3 heterocycles. The fraction of sp³-hybridized carbons (Fsp3) is 0.421. The van der Waals surface area contributed by atoms with E-state index in [2.05, 4.69) is 31.2 Å². The molecule has 0 saturated carbocycles. The lowest BCUT2D eigenvalue weighted by Gasteiger charge is -2.35. The fourth-order valence-corrected chi connectivity index (χ4v) is 3.61. The van der Waals surface area contributed by atoms with Gasteiger partial charge < -0.3 is 36.2 Å². The zero-order chi connectivity index (χ0) is 20.2. The number of benzene rings is 1. The number of urea groups is 1. The van der Waals surface area contributed by atoms with Gasteiger partial charge in [0, 0.05) is 39.3 Å². The zero-order valence-electron chi connectivity index (χ0n) is 16.3. The Morgan fingerprint density at radius 2 is 1.76 bits per heavy atom. The van der Waals surface area contributed by atoms with Crippen molar-refractivity contribution in [1.29, 1.82) is 0 Å². The van der Waals surface area contributed by atoms with Crippen molar-refractivity contribution in [3.63, 3.8) is 0 Å². The topological polar surface area (TPSA) is 126 Å². The molecule has 10 nitrogen and oxygen atoms in total. The highest BCUT2D eigenvalue weighted by atomic mass is 16.5. The summed E-state index contributed by atoms with van der Waals surface area (Å²) < 4.78 is 5.46. The molecule has 4 rings (SSSR count). The molecule has 0 atom stereocenters. The molecule has 2 amide bonds. The number of morpholine rings is 1. The molecule has 1 aromatic carbocycles. The normalized spacial score (nSPS) is 17.3. The highest BCUT2D eigenvalue weighted by Gasteiger charge is 2.22. The van der Waals surface area contributed by atoms with Crippen molar-refractivity contribution < 1.29 is 9.53 Å². The number of nitrogens with zero attached hydrogens (tertiary/aromatic N) is 5. The summed E-state index contributed by atoms with van der Waals surface area (Å²) in [5.41, 5.74) is 14.0. The number of primary amides is 1. The fourth-order valence-electron chi connectivity index (χ4n) is 3.61. The predicted molar refractivity (Wildman–Crippen MR) is 113 cm³/mol. The Hall–Kier alpha value is -3.27. The van der Waals surface area contributed by atoms with Crippen molar-refractivity contribution >= 4 is 34.9 Å². The molecular formula is C19H26N8O2. The van der Waals surface area contributed by atoms with Gasteiger partial charge in [-0.05, 0) is 12.1 Å². The minimum Gasteiger partial charge on any atom is -0.394 e. The molecule has 0 aliphatic carbocycles. The van der Waals surface area contributed by atoms with Crippen LogP contribution in [0.3, 0.4) is 0 Å². The van der Waals surface area contributed by atoms with Gasteiger partial charge in [-0.25, -0.2) is 9.78 Å². The van der Waals surface area contributed by atoms with Crippen molar-refractivity contribution in [1.82, 2.24) is 14.9 Å². The highest BCUT2D eigenvalue weighted by molar-refractivity contribution is 5.75. The van der Waals surface area contributed by atoms with Crippen LogP contribution in [0.5, 0.6) is 0 Å². The third-order valence-electron chi connectivity index (χ3n) is 5.19. The molecule has 0 spiro atoms. The van der Waals surface area contributed by atoms with Crippen molar-refractivity contribution in [3.8, 4) is 0 Å². The minimum absolute atomic E-state index is 0.401. The summed E-state index contributed by atoms with van der Waals surface area (Å²) in [7, 11) is 0. The number of piperazine rings is 1. The van der Waals surface area contributed by atoms with Crippen LogP contribution in [0.4, 0.5) is 33.6 Å². The van der Waals surface area contributed by atoms with Gasteiger partial charge in [0.05, 0.1) is 36.5 Å². The van der Waals surface area contributed by atoms with Gasteiger partial charge in [-0.3, -0.25) is 0 Å². The van der Waals surface area contributed by atoms with Crippen LogP contribution in [0, 0.1) is 0 Å². The van der Waals surface area contributed by atoms with Crippen molar-refractivity contribution in [2.24, 2.45) is 5.73 Å². The molecule has 0 radical (unpaired) electrons. The second kappa shape index (κ2) is 8.39. The monoisotopic (exact) mass is 398 g/mol. The molecule has 10 heteroatoms. The maximum absolute atomic E-state index is 11.3. The summed E-state index contributed by atoms with van der Waals surface area (Å²) in [6.07, 6.45) is 1.61. The van der Waals surface area contributed by atoms with Crippen molar-refractivity contribution in [2.75, 3.05) is 73.3 Å². The molecule has 0 unspecified atom stereocenters. The lowest BCUT2D eigenvalue weighted by atomic mass is 10.2. The third-order valence-corrected chi connectivity index (χ3v) is 5.19. The molecule has 29 heavy (non-hydrogen) atoms. The van der Waals surface area contributed by atoms with E-state index in [1.165, 1.54) is 0 Å². The van der Waals surface area contributed by atoms with Gasteiger partial charge >= 0.3 is 6.03 Å². The van der Waals surface area contributed by atoms with Crippen LogP contribution in [0.2, 0.25) is 0 Å². The van der Waals surface area contributed by atoms with E-state index in [9.17, 15) is 4.79 Å². The molecule has 2 fully saturated rings. The molecule has 2 aliphatic heterocycles. The Balaban J connectivity index is 1.52. The standard InChI is InChI=1S/C19H26N8O2/c20-14-13-22-19(24-17(14)26-5-7-27(8-6-26)18(21)28)23-15-3-1-2-4-16(15)25-9-11-29-12-10-25/h1-4,13H,5-12,20H2,(H2,21,28)(H,22,23,24). The second-order valence-corrected chi connectivity index (χ2v) is 7.03. The zero-order valence-corrected chi connectivity index (χ0v) is 16.3. The van der Waals surface area contributed by atoms with Gasteiger partial charge in [-0.2, -0.15) is 4.98 Å². The average molecular weight is 398 g/mol. The van der Waals surface area contributed by atoms with E-state index in [-0.39, 0.29) is 0 Å². The number of ether oxygens (including phenoxy) is 1. The Morgan fingerprint density at radius 1 is 1.03 bits per heavy atom. The lowest BCUT2D eigenvalue weighted by Crippen LogP contribution is -2.50. The molecule has 2 aromatic rings. The number of anilines is 5. The largest absolute Gasteiger partial charge is 0.394 e. The molecule has 2 aliphatic rings. The first-order valence-electron chi connectivity index (χ1n) is 9.72. The minimum atomic E-state index is -0.401. The Kier molecular flexibility index (Phi) is 5.52. The number of nitrogens with two attached hydrogens (primary N) is 2. The van der Waals surface area contributed by atoms with E-state index in [0.717, 1.165) is 24.5 Å².